The first kappa shape index (κ1) is 9.67. The molecule has 0 nitrogen and oxygen atoms in total. The first-order valence-electron chi connectivity index (χ1n) is 6.90. The fourth-order valence-corrected chi connectivity index (χ4v) is 1.48. The van der Waals surface area contributed by atoms with Crippen molar-refractivity contribution in [2.45, 2.75) is 0 Å². The van der Waals surface area contributed by atoms with Crippen molar-refractivity contribution in [3.8, 4) is 0 Å². The molecule has 0 fully saturated rings. The Morgan fingerprint density at radius 3 is 1.94 bits per heavy atom. The van der Waals surface area contributed by atoms with Gasteiger partial charge in [-0.15, -0.1) is 0 Å². The van der Waals surface area contributed by atoms with E-state index in [-0.39, 0.29) is 12.1 Å². The summed E-state index contributed by atoms with van der Waals surface area (Å²) in [6.45, 7) is 0. The van der Waals surface area contributed by atoms with Crippen molar-refractivity contribution in [1.82, 2.24) is 0 Å². The molecule has 0 amide bonds. The molecule has 0 heteroatoms. The quantitative estimate of drug-likeness (QED) is 0.655. The van der Waals surface area contributed by atoms with Gasteiger partial charge in [0.1, 0.15) is 0 Å². The summed E-state index contributed by atoms with van der Waals surface area (Å²) in [6.07, 6.45) is 7.26. The Balaban J connectivity index is 2.06. The van der Waals surface area contributed by atoms with Gasteiger partial charge in [-0.3, -0.25) is 0 Å². The number of hydrogen-bond donors (Lipinski definition) is 0. The van der Waals surface area contributed by atoms with Crippen molar-refractivity contribution < 1.29 is 2.74 Å². The predicted molar refractivity (Wildman–Crippen MR) is 80.1 cm³/mol. The van der Waals surface area contributed by atoms with E-state index in [0.717, 1.165) is 11.1 Å². The number of benzene rings is 2. The maximum Gasteiger partial charge on any atom is 0.0629 e. The molecule has 0 aromatic heterocycles. The van der Waals surface area contributed by atoms with Crippen LogP contribution in [0.5, 0.6) is 0 Å². The summed E-state index contributed by atoms with van der Waals surface area (Å²) < 4.78 is 15.8. The zero-order valence-electron chi connectivity index (χ0n) is 12.1. The van der Waals surface area contributed by atoms with Crippen LogP contribution in [0.2, 0.25) is 0 Å². The highest BCUT2D eigenvalue weighted by Gasteiger charge is 1.80. The van der Waals surface area contributed by atoms with Gasteiger partial charge in [0.05, 0.1) is 2.74 Å². The molecule has 0 unspecified atom stereocenters. The molecule has 2 aromatic rings. The fraction of sp³-hybridized carbons (Fsp3) is 0. The van der Waals surface area contributed by atoms with Crippen molar-refractivity contribution in [2.75, 3.05) is 0 Å². The van der Waals surface area contributed by atoms with Crippen LogP contribution in [0.1, 0.15) is 13.9 Å². The summed E-state index contributed by atoms with van der Waals surface area (Å²) in [5, 5.41) is 0. The summed E-state index contributed by atoms with van der Waals surface area (Å²) in [4.78, 5) is 0. The topological polar surface area (TPSA) is 0 Å². The molecule has 0 bridgehead atoms. The third-order valence-electron chi connectivity index (χ3n) is 2.37. The molecule has 2 aromatic carbocycles. The normalized spacial score (nSPS) is 14.4. The van der Waals surface area contributed by atoms with Gasteiger partial charge in [-0.25, -0.2) is 0 Å². The Morgan fingerprint density at radius 1 is 0.667 bits per heavy atom. The molecule has 18 heavy (non-hydrogen) atoms. The van der Waals surface area contributed by atoms with Crippen LogP contribution in [-0.4, -0.2) is 0 Å². The van der Waals surface area contributed by atoms with Crippen molar-refractivity contribution in [1.29, 1.82) is 0 Å². The maximum absolute atomic E-state index is 7.94. The molecule has 0 radical (unpaired) electrons. The Morgan fingerprint density at radius 2 is 1.28 bits per heavy atom. The summed E-state index contributed by atoms with van der Waals surface area (Å²) in [6, 6.07) is 19.7. The average molecular weight is 234 g/mol. The van der Waals surface area contributed by atoms with Gasteiger partial charge in [-0.05, 0) is 11.1 Å². The molecular formula is C18H16. The molecule has 0 saturated carbocycles. The second-order valence-electron chi connectivity index (χ2n) is 3.76. The lowest BCUT2D eigenvalue weighted by molar-refractivity contribution is 1.66. The van der Waals surface area contributed by atoms with Gasteiger partial charge in [0.25, 0.3) is 0 Å². The van der Waals surface area contributed by atoms with Gasteiger partial charge >= 0.3 is 0 Å². The van der Waals surface area contributed by atoms with E-state index < -0.39 is 0 Å². The summed E-state index contributed by atoms with van der Waals surface area (Å²) >= 11 is 0. The molecule has 2 rings (SSSR count). The van der Waals surface area contributed by atoms with Gasteiger partial charge in [0, 0.05) is 0 Å². The number of allylic oxidation sites excluding steroid dienone is 4. The van der Waals surface area contributed by atoms with E-state index in [1.807, 2.05) is 72.8 Å². The van der Waals surface area contributed by atoms with Crippen molar-refractivity contribution in [3.05, 3.63) is 96.1 Å². The first-order valence-corrected chi connectivity index (χ1v) is 5.90. The van der Waals surface area contributed by atoms with Crippen LogP contribution >= 0.6 is 0 Å². The van der Waals surface area contributed by atoms with Crippen molar-refractivity contribution in [2.24, 2.45) is 0 Å². The standard InChI is InChI=1S/C18H16/c1(5-11-17-13-7-3-8-14-17)2-6-12-18-15-9-4-10-16-18/h1-16H/b2-1+,11-5-,12-6+/i5D,11D/b2-1+,11-5+,12-6-. The van der Waals surface area contributed by atoms with Crippen LogP contribution in [0.15, 0.2) is 84.9 Å². The predicted octanol–water partition coefficient (Wildman–Crippen LogP) is 4.97. The minimum atomic E-state index is 0.203. The highest BCUT2D eigenvalue weighted by atomic mass is 13.9. The van der Waals surface area contributed by atoms with E-state index >= 15 is 0 Å². The van der Waals surface area contributed by atoms with Gasteiger partial charge in [-0.2, -0.15) is 0 Å². The zero-order chi connectivity index (χ0) is 14.2. The van der Waals surface area contributed by atoms with Gasteiger partial charge < -0.3 is 0 Å². The second kappa shape index (κ2) is 7.08. The van der Waals surface area contributed by atoms with E-state index in [1.54, 1.807) is 12.2 Å². The third kappa shape index (κ3) is 4.26. The second-order valence-corrected chi connectivity index (χ2v) is 3.76. The summed E-state index contributed by atoms with van der Waals surface area (Å²) in [5.41, 5.74) is 1.87. The van der Waals surface area contributed by atoms with Crippen molar-refractivity contribution >= 4 is 12.1 Å². The molecule has 0 aliphatic rings. The first-order chi connectivity index (χ1) is 9.77. The van der Waals surface area contributed by atoms with Crippen LogP contribution < -0.4 is 0 Å². The fourth-order valence-electron chi connectivity index (χ4n) is 1.48. The highest BCUT2D eigenvalue weighted by Crippen LogP contribution is 2.02. The van der Waals surface area contributed by atoms with Crippen LogP contribution in [0.4, 0.5) is 0 Å². The Hall–Kier alpha value is -2.34. The van der Waals surface area contributed by atoms with Gasteiger partial charge in [0.2, 0.25) is 0 Å². The molecule has 0 N–H and O–H groups in total. The number of hydrogen-bond acceptors (Lipinski definition) is 0. The lowest BCUT2D eigenvalue weighted by Gasteiger charge is -1.89. The molecular weight excluding hydrogens is 216 g/mol. The molecule has 0 aliphatic heterocycles. The Bertz CT molecular complexity index is 623. The van der Waals surface area contributed by atoms with E-state index in [0.29, 0.717) is 0 Å². The smallest absolute Gasteiger partial charge is 0.0622 e. The summed E-state index contributed by atoms with van der Waals surface area (Å²) in [5.74, 6) is 0. The minimum Gasteiger partial charge on any atom is -0.0622 e. The maximum atomic E-state index is 7.94. The molecule has 88 valence electrons. The van der Waals surface area contributed by atoms with E-state index in [1.165, 1.54) is 0 Å². The van der Waals surface area contributed by atoms with Crippen LogP contribution in [0.3, 0.4) is 0 Å². The molecule has 0 saturated heterocycles. The molecule has 0 spiro atoms. The van der Waals surface area contributed by atoms with Crippen LogP contribution in [-0.2, 0) is 0 Å². The molecule has 0 aliphatic carbocycles. The Labute approximate surface area is 111 Å². The van der Waals surface area contributed by atoms with E-state index in [4.69, 9.17) is 2.74 Å². The highest BCUT2D eigenvalue weighted by molar-refractivity contribution is 5.53. The van der Waals surface area contributed by atoms with Crippen molar-refractivity contribution in [3.63, 3.8) is 0 Å². The van der Waals surface area contributed by atoms with Crippen LogP contribution in [0, 0.1) is 0 Å². The molecule has 0 heterocycles. The van der Waals surface area contributed by atoms with Crippen LogP contribution in [0.25, 0.3) is 12.1 Å². The SMILES string of the molecule is [2H]C(/C=C/C=C\c1ccccc1)=C(/[2H])c1ccccc1. The lowest BCUT2D eigenvalue weighted by atomic mass is 10.2. The zero-order valence-corrected chi connectivity index (χ0v) is 10.1. The van der Waals surface area contributed by atoms with Gasteiger partial charge in [0.15, 0.2) is 0 Å². The summed E-state index contributed by atoms with van der Waals surface area (Å²) in [7, 11) is 0. The Kier molecular flexibility index (Phi) is 3.80. The minimum absolute atomic E-state index is 0.203. The van der Waals surface area contributed by atoms with Gasteiger partial charge in [-0.1, -0.05) is 97.1 Å². The van der Waals surface area contributed by atoms with E-state index in [2.05, 4.69) is 0 Å². The third-order valence-corrected chi connectivity index (χ3v) is 2.37. The number of rotatable bonds is 4. The monoisotopic (exact) mass is 234 g/mol. The van der Waals surface area contributed by atoms with E-state index in [9.17, 15) is 0 Å². The average Bonchev–Trinajstić information content (AvgIpc) is 2.52. The lowest BCUT2D eigenvalue weighted by Crippen LogP contribution is -1.67. The largest absolute Gasteiger partial charge is 0.0629 e. The molecule has 0 atom stereocenters.